The highest BCUT2D eigenvalue weighted by atomic mass is 16.5. The average Bonchev–Trinajstić information content (AvgIpc) is 2.63. The molecule has 0 aliphatic heterocycles. The molecular weight excluding hydrogens is 166 g/mol. The number of fused-ring (bicyclic) bond motifs is 2. The molecule has 0 saturated heterocycles. The predicted octanol–water partition coefficient (Wildman–Crippen LogP) is 0.737. The first-order chi connectivity index (χ1) is 6.24. The third-order valence-corrected chi connectivity index (χ3v) is 3.30. The number of hydrogen-bond donors (Lipinski definition) is 1. The van der Waals surface area contributed by atoms with Crippen molar-refractivity contribution in [3.63, 3.8) is 0 Å². The van der Waals surface area contributed by atoms with E-state index in [0.717, 1.165) is 12.8 Å². The van der Waals surface area contributed by atoms with Gasteiger partial charge in [0.1, 0.15) is 0 Å². The van der Waals surface area contributed by atoms with E-state index in [9.17, 15) is 4.79 Å². The van der Waals surface area contributed by atoms with Gasteiger partial charge in [0.2, 0.25) is 0 Å². The molecule has 2 fully saturated rings. The van der Waals surface area contributed by atoms with Crippen LogP contribution in [0.2, 0.25) is 0 Å². The number of rotatable bonds is 2. The molecule has 2 N–H and O–H groups in total. The lowest BCUT2D eigenvalue weighted by Gasteiger charge is -2.25. The van der Waals surface area contributed by atoms with E-state index in [1.807, 2.05) is 6.92 Å². The summed E-state index contributed by atoms with van der Waals surface area (Å²) in [5.41, 5.74) is 5.97. The van der Waals surface area contributed by atoms with E-state index in [1.54, 1.807) is 0 Å². The van der Waals surface area contributed by atoms with Crippen LogP contribution in [-0.4, -0.2) is 18.6 Å². The Morgan fingerprint density at radius 2 is 2.46 bits per heavy atom. The first kappa shape index (κ1) is 9.00. The number of hydrogen-bond acceptors (Lipinski definition) is 3. The van der Waals surface area contributed by atoms with Gasteiger partial charge in [-0.05, 0) is 38.0 Å². The zero-order chi connectivity index (χ0) is 9.42. The minimum Gasteiger partial charge on any atom is -0.466 e. The van der Waals surface area contributed by atoms with Gasteiger partial charge in [0.15, 0.2) is 0 Å². The van der Waals surface area contributed by atoms with Gasteiger partial charge in [0, 0.05) is 6.04 Å². The van der Waals surface area contributed by atoms with Crippen molar-refractivity contribution in [1.82, 2.24) is 0 Å². The highest BCUT2D eigenvalue weighted by Gasteiger charge is 2.49. The summed E-state index contributed by atoms with van der Waals surface area (Å²) in [6, 6.07) is 0.0362. The molecule has 2 aliphatic rings. The lowest BCUT2D eigenvalue weighted by atomic mass is 9.85. The van der Waals surface area contributed by atoms with Crippen molar-refractivity contribution in [2.45, 2.75) is 25.8 Å². The molecule has 2 saturated carbocycles. The molecule has 3 nitrogen and oxygen atoms in total. The quantitative estimate of drug-likeness (QED) is 0.641. The molecule has 73 valence electrons. The van der Waals surface area contributed by atoms with Crippen LogP contribution in [0.5, 0.6) is 0 Å². The fourth-order valence-corrected chi connectivity index (χ4v) is 2.65. The molecule has 0 amide bonds. The molecule has 0 aromatic carbocycles. The lowest BCUT2D eigenvalue weighted by molar-refractivity contribution is -0.149. The van der Waals surface area contributed by atoms with E-state index >= 15 is 0 Å². The Morgan fingerprint density at radius 3 is 3.00 bits per heavy atom. The summed E-state index contributed by atoms with van der Waals surface area (Å²) in [5, 5.41) is 0. The van der Waals surface area contributed by atoms with Crippen LogP contribution < -0.4 is 5.73 Å². The summed E-state index contributed by atoms with van der Waals surface area (Å²) in [6.07, 6.45) is 4.40. The van der Waals surface area contributed by atoms with Gasteiger partial charge in [-0.2, -0.15) is 0 Å². The highest BCUT2D eigenvalue weighted by molar-refractivity contribution is 5.74. The molecule has 13 heavy (non-hydrogen) atoms. The number of nitrogens with two attached hydrogens (primary N) is 1. The van der Waals surface area contributed by atoms with E-state index in [0.29, 0.717) is 18.4 Å². The summed E-state index contributed by atoms with van der Waals surface area (Å²) in [6.45, 7) is 2.29. The monoisotopic (exact) mass is 182 g/mol. The molecule has 1 radical (unpaired) electrons. The van der Waals surface area contributed by atoms with Crippen molar-refractivity contribution in [2.75, 3.05) is 6.61 Å². The number of ether oxygens (including phenoxy) is 1. The Bertz CT molecular complexity index is 215. The van der Waals surface area contributed by atoms with Gasteiger partial charge in [0.05, 0.1) is 12.5 Å². The largest absolute Gasteiger partial charge is 0.466 e. The van der Waals surface area contributed by atoms with Crippen LogP contribution in [0.1, 0.15) is 19.8 Å². The van der Waals surface area contributed by atoms with Crippen molar-refractivity contribution >= 4 is 5.97 Å². The first-order valence-electron chi connectivity index (χ1n) is 4.99. The van der Waals surface area contributed by atoms with E-state index in [2.05, 4.69) is 6.42 Å². The minimum atomic E-state index is -0.0987. The highest BCUT2D eigenvalue weighted by Crippen LogP contribution is 2.47. The maximum atomic E-state index is 11.5. The Balaban J connectivity index is 2.03. The van der Waals surface area contributed by atoms with Crippen LogP contribution in [0.25, 0.3) is 0 Å². The molecule has 2 rings (SSSR count). The Labute approximate surface area is 78.6 Å². The number of esters is 1. The molecule has 4 atom stereocenters. The first-order valence-corrected chi connectivity index (χ1v) is 4.99. The minimum absolute atomic E-state index is 0.0362. The number of carbonyl (C=O) groups is 1. The third-order valence-electron chi connectivity index (χ3n) is 3.30. The molecule has 4 unspecified atom stereocenters. The van der Waals surface area contributed by atoms with Gasteiger partial charge < -0.3 is 10.5 Å². The third kappa shape index (κ3) is 1.35. The van der Waals surface area contributed by atoms with Gasteiger partial charge in [-0.1, -0.05) is 0 Å². The second kappa shape index (κ2) is 3.29. The molecule has 0 heterocycles. The number of carbonyl (C=O) groups excluding carboxylic acids is 1. The normalized spacial score (nSPS) is 42.3. The van der Waals surface area contributed by atoms with Crippen LogP contribution in [0.3, 0.4) is 0 Å². The van der Waals surface area contributed by atoms with Crippen molar-refractivity contribution in [3.05, 3.63) is 6.42 Å². The van der Waals surface area contributed by atoms with Gasteiger partial charge in [-0.25, -0.2) is 0 Å². The zero-order valence-corrected chi connectivity index (χ0v) is 7.90. The Kier molecular flexibility index (Phi) is 2.28. The smallest absolute Gasteiger partial charge is 0.310 e. The summed E-state index contributed by atoms with van der Waals surface area (Å²) >= 11 is 0. The average molecular weight is 182 g/mol. The van der Waals surface area contributed by atoms with Crippen LogP contribution in [-0.2, 0) is 9.53 Å². The van der Waals surface area contributed by atoms with E-state index in [4.69, 9.17) is 10.5 Å². The van der Waals surface area contributed by atoms with Crippen LogP contribution in [0.15, 0.2) is 0 Å². The maximum absolute atomic E-state index is 11.5. The molecule has 0 aromatic heterocycles. The molecule has 0 aromatic rings. The van der Waals surface area contributed by atoms with Crippen LogP contribution in [0.4, 0.5) is 0 Å². The summed E-state index contributed by atoms with van der Waals surface area (Å²) in [4.78, 5) is 11.5. The summed E-state index contributed by atoms with van der Waals surface area (Å²) in [5.74, 6) is 0.760. The molecule has 2 bridgehead atoms. The molecule has 3 heteroatoms. The fourth-order valence-electron chi connectivity index (χ4n) is 2.65. The Hall–Kier alpha value is -0.570. The van der Waals surface area contributed by atoms with E-state index in [-0.39, 0.29) is 17.9 Å². The lowest BCUT2D eigenvalue weighted by Crippen LogP contribution is -2.41. The van der Waals surface area contributed by atoms with Gasteiger partial charge >= 0.3 is 5.97 Å². The van der Waals surface area contributed by atoms with Crippen molar-refractivity contribution in [2.24, 2.45) is 23.5 Å². The predicted molar refractivity (Wildman–Crippen MR) is 48.6 cm³/mol. The second-order valence-corrected chi connectivity index (χ2v) is 3.99. The fraction of sp³-hybridized carbons (Fsp3) is 0.800. The summed E-state index contributed by atoms with van der Waals surface area (Å²) in [7, 11) is 0. The molecule has 0 spiro atoms. The standard InChI is InChI=1S/C10H16NO2/c1-2-13-10(12)8-6-3-4-7(5-6)9(8)11/h3,6-9H,2,4-5,11H2,1H3. The van der Waals surface area contributed by atoms with Gasteiger partial charge in [-0.15, -0.1) is 0 Å². The zero-order valence-electron chi connectivity index (χ0n) is 7.90. The second-order valence-electron chi connectivity index (χ2n) is 3.99. The van der Waals surface area contributed by atoms with Crippen LogP contribution >= 0.6 is 0 Å². The SMILES string of the molecule is CCOC(=O)C1C2[CH]CC(C2)C1N. The van der Waals surface area contributed by atoms with Crippen molar-refractivity contribution < 1.29 is 9.53 Å². The van der Waals surface area contributed by atoms with E-state index in [1.165, 1.54) is 0 Å². The maximum Gasteiger partial charge on any atom is 0.310 e. The van der Waals surface area contributed by atoms with Crippen LogP contribution in [0, 0.1) is 24.2 Å². The summed E-state index contributed by atoms with van der Waals surface area (Å²) < 4.78 is 5.01. The van der Waals surface area contributed by atoms with Crippen molar-refractivity contribution in [1.29, 1.82) is 0 Å². The van der Waals surface area contributed by atoms with Crippen molar-refractivity contribution in [3.8, 4) is 0 Å². The molecular formula is C10H16NO2. The molecule has 2 aliphatic carbocycles. The van der Waals surface area contributed by atoms with Gasteiger partial charge in [0.25, 0.3) is 0 Å². The van der Waals surface area contributed by atoms with Gasteiger partial charge in [-0.3, -0.25) is 4.79 Å². The topological polar surface area (TPSA) is 52.3 Å². The van der Waals surface area contributed by atoms with E-state index < -0.39 is 0 Å². The Morgan fingerprint density at radius 1 is 1.69 bits per heavy atom.